The fourth-order valence-electron chi connectivity index (χ4n) is 2.42. The lowest BCUT2D eigenvalue weighted by Crippen LogP contribution is -2.17. The van der Waals surface area contributed by atoms with Crippen molar-refractivity contribution in [2.24, 2.45) is 0 Å². The Balaban J connectivity index is 1.56. The van der Waals surface area contributed by atoms with Gasteiger partial charge in [0.1, 0.15) is 5.82 Å². The molecule has 1 aliphatic rings. The molecule has 3 N–H and O–H groups in total. The monoisotopic (exact) mass is 256 g/mol. The van der Waals surface area contributed by atoms with Crippen LogP contribution in [0.3, 0.4) is 0 Å². The van der Waals surface area contributed by atoms with Crippen molar-refractivity contribution >= 4 is 5.69 Å². The summed E-state index contributed by atoms with van der Waals surface area (Å²) >= 11 is 0. The molecular weight excluding hydrogens is 239 g/mol. The maximum atomic E-state index is 13.3. The number of nitrogens with one attached hydrogen (secondary N) is 1. The Morgan fingerprint density at radius 3 is 2.68 bits per heavy atom. The second-order valence-electron chi connectivity index (χ2n) is 5.10. The van der Waals surface area contributed by atoms with E-state index in [0.29, 0.717) is 18.5 Å². The average Bonchev–Trinajstić information content (AvgIpc) is 3.21. The van der Waals surface area contributed by atoms with Crippen molar-refractivity contribution in [1.29, 1.82) is 0 Å². The molecule has 0 saturated heterocycles. The largest absolute Gasteiger partial charge is 0.396 e. The van der Waals surface area contributed by atoms with Gasteiger partial charge in [-0.2, -0.15) is 0 Å². The molecule has 2 nitrogen and oxygen atoms in total. The Kier molecular flexibility index (Phi) is 3.22. The number of hydrogen-bond acceptors (Lipinski definition) is 2. The Morgan fingerprint density at radius 1 is 1.16 bits per heavy atom. The molecule has 2 aromatic rings. The molecule has 1 aliphatic carbocycles. The molecule has 0 aliphatic heterocycles. The van der Waals surface area contributed by atoms with Crippen LogP contribution in [0.5, 0.6) is 0 Å². The van der Waals surface area contributed by atoms with Gasteiger partial charge < -0.3 is 11.1 Å². The lowest BCUT2D eigenvalue weighted by Gasteiger charge is -2.06. The summed E-state index contributed by atoms with van der Waals surface area (Å²) in [6, 6.07) is 16.0. The molecule has 0 aromatic heterocycles. The quantitative estimate of drug-likeness (QED) is 0.825. The van der Waals surface area contributed by atoms with Gasteiger partial charge in [-0.15, -0.1) is 0 Å². The highest BCUT2D eigenvalue weighted by Gasteiger charge is 2.37. The summed E-state index contributed by atoms with van der Waals surface area (Å²) in [7, 11) is 0. The van der Waals surface area contributed by atoms with Gasteiger partial charge in [0.15, 0.2) is 0 Å². The third-order valence-electron chi connectivity index (χ3n) is 3.65. The second-order valence-corrected chi connectivity index (χ2v) is 5.10. The molecule has 1 saturated carbocycles. The van der Waals surface area contributed by atoms with E-state index < -0.39 is 0 Å². The third kappa shape index (κ3) is 2.76. The standard InChI is InChI=1S/C16H17FN2/c17-14-8-11(6-7-15(14)18)10-19-16-9-13(16)12-4-2-1-3-5-12/h1-8,13,16,19H,9-10,18H2. The Morgan fingerprint density at radius 2 is 1.95 bits per heavy atom. The summed E-state index contributed by atoms with van der Waals surface area (Å²) in [6.07, 6.45) is 1.15. The van der Waals surface area contributed by atoms with Crippen molar-refractivity contribution in [3.63, 3.8) is 0 Å². The first-order chi connectivity index (χ1) is 9.24. The van der Waals surface area contributed by atoms with Crippen LogP contribution in [0, 0.1) is 5.82 Å². The van der Waals surface area contributed by atoms with Gasteiger partial charge in [-0.25, -0.2) is 4.39 Å². The van der Waals surface area contributed by atoms with E-state index in [1.165, 1.54) is 11.6 Å². The molecule has 2 atom stereocenters. The van der Waals surface area contributed by atoms with Crippen LogP contribution in [0.2, 0.25) is 0 Å². The predicted molar refractivity (Wildman–Crippen MR) is 75.2 cm³/mol. The summed E-state index contributed by atoms with van der Waals surface area (Å²) in [5.74, 6) is 0.259. The Bertz CT molecular complexity index is 568. The van der Waals surface area contributed by atoms with Gasteiger partial charge in [-0.05, 0) is 29.7 Å². The molecule has 0 amide bonds. The van der Waals surface area contributed by atoms with Crippen molar-refractivity contribution in [2.45, 2.75) is 24.9 Å². The molecule has 19 heavy (non-hydrogen) atoms. The number of rotatable bonds is 4. The Labute approximate surface area is 112 Å². The van der Waals surface area contributed by atoms with Gasteiger partial charge in [0.25, 0.3) is 0 Å². The van der Waals surface area contributed by atoms with Crippen LogP contribution in [0.1, 0.15) is 23.5 Å². The highest BCUT2D eigenvalue weighted by Crippen LogP contribution is 2.40. The van der Waals surface area contributed by atoms with Gasteiger partial charge >= 0.3 is 0 Å². The molecular formula is C16H17FN2. The van der Waals surface area contributed by atoms with Crippen molar-refractivity contribution < 1.29 is 4.39 Å². The lowest BCUT2D eigenvalue weighted by atomic mass is 10.1. The molecule has 0 heterocycles. The van der Waals surface area contributed by atoms with Gasteiger partial charge in [-0.1, -0.05) is 36.4 Å². The van der Waals surface area contributed by atoms with Gasteiger partial charge in [-0.3, -0.25) is 0 Å². The molecule has 2 unspecified atom stereocenters. The van der Waals surface area contributed by atoms with Crippen LogP contribution in [0.4, 0.5) is 10.1 Å². The van der Waals surface area contributed by atoms with Gasteiger partial charge in [0.05, 0.1) is 5.69 Å². The van der Waals surface area contributed by atoms with E-state index in [0.717, 1.165) is 12.0 Å². The maximum absolute atomic E-state index is 13.3. The summed E-state index contributed by atoms with van der Waals surface area (Å²) in [6.45, 7) is 0.686. The molecule has 0 radical (unpaired) electrons. The maximum Gasteiger partial charge on any atom is 0.146 e. The van der Waals surface area contributed by atoms with Crippen molar-refractivity contribution in [3.05, 3.63) is 65.5 Å². The smallest absolute Gasteiger partial charge is 0.146 e. The van der Waals surface area contributed by atoms with Crippen molar-refractivity contribution in [1.82, 2.24) is 5.32 Å². The molecule has 0 bridgehead atoms. The summed E-state index contributed by atoms with van der Waals surface area (Å²) < 4.78 is 13.3. The van der Waals surface area contributed by atoms with Crippen LogP contribution in [0.25, 0.3) is 0 Å². The van der Waals surface area contributed by atoms with E-state index in [-0.39, 0.29) is 11.5 Å². The first kappa shape index (κ1) is 12.2. The van der Waals surface area contributed by atoms with E-state index in [1.807, 2.05) is 12.1 Å². The fraction of sp³-hybridized carbons (Fsp3) is 0.250. The zero-order valence-electron chi connectivity index (χ0n) is 10.6. The van der Waals surface area contributed by atoms with Crippen LogP contribution in [0.15, 0.2) is 48.5 Å². The summed E-state index contributed by atoms with van der Waals surface area (Å²) in [4.78, 5) is 0. The first-order valence-corrected chi connectivity index (χ1v) is 6.56. The van der Waals surface area contributed by atoms with E-state index in [9.17, 15) is 4.39 Å². The lowest BCUT2D eigenvalue weighted by molar-refractivity contribution is 0.622. The molecule has 0 spiro atoms. The molecule has 2 aromatic carbocycles. The van der Waals surface area contributed by atoms with Gasteiger partial charge in [0.2, 0.25) is 0 Å². The normalized spacial score (nSPS) is 21.3. The minimum Gasteiger partial charge on any atom is -0.396 e. The first-order valence-electron chi connectivity index (χ1n) is 6.56. The van der Waals surface area contributed by atoms with Crippen LogP contribution in [-0.4, -0.2) is 6.04 Å². The average molecular weight is 256 g/mol. The zero-order chi connectivity index (χ0) is 13.2. The molecule has 1 fully saturated rings. The number of halogens is 1. The number of anilines is 1. The topological polar surface area (TPSA) is 38.0 Å². The third-order valence-corrected chi connectivity index (χ3v) is 3.65. The van der Waals surface area contributed by atoms with E-state index in [4.69, 9.17) is 5.73 Å². The van der Waals surface area contributed by atoms with Gasteiger partial charge in [0, 0.05) is 18.5 Å². The van der Waals surface area contributed by atoms with Crippen LogP contribution >= 0.6 is 0 Å². The second kappa shape index (κ2) is 5.02. The van der Waals surface area contributed by atoms with E-state index in [1.54, 1.807) is 6.07 Å². The van der Waals surface area contributed by atoms with Crippen LogP contribution < -0.4 is 11.1 Å². The Hall–Kier alpha value is -1.87. The number of nitrogens with two attached hydrogens (primary N) is 1. The minimum atomic E-state index is -0.338. The highest BCUT2D eigenvalue weighted by atomic mass is 19.1. The fourth-order valence-corrected chi connectivity index (χ4v) is 2.42. The van der Waals surface area contributed by atoms with Crippen molar-refractivity contribution in [2.75, 3.05) is 5.73 Å². The predicted octanol–water partition coefficient (Wildman–Crippen LogP) is 3.05. The highest BCUT2D eigenvalue weighted by molar-refractivity contribution is 5.41. The molecule has 3 rings (SSSR count). The van der Waals surface area contributed by atoms with E-state index in [2.05, 4.69) is 29.6 Å². The van der Waals surface area contributed by atoms with Crippen molar-refractivity contribution in [3.8, 4) is 0 Å². The number of benzene rings is 2. The SMILES string of the molecule is Nc1ccc(CNC2CC2c2ccccc2)cc1F. The summed E-state index contributed by atoms with van der Waals surface area (Å²) in [5, 5.41) is 3.46. The number of hydrogen-bond donors (Lipinski definition) is 2. The van der Waals surface area contributed by atoms with Crippen LogP contribution in [-0.2, 0) is 6.54 Å². The molecule has 98 valence electrons. The zero-order valence-corrected chi connectivity index (χ0v) is 10.6. The minimum absolute atomic E-state index is 0.206. The molecule has 3 heteroatoms. The number of nitrogen functional groups attached to an aromatic ring is 1. The van der Waals surface area contributed by atoms with E-state index >= 15 is 0 Å². The summed E-state index contributed by atoms with van der Waals surface area (Å²) in [5.41, 5.74) is 7.98.